The third kappa shape index (κ3) is 2.36. The van der Waals surface area contributed by atoms with Gasteiger partial charge in [-0.2, -0.15) is 0 Å². The van der Waals surface area contributed by atoms with E-state index in [2.05, 4.69) is 31.1 Å². The normalized spacial score (nSPS) is 30.9. The minimum atomic E-state index is -0.0608. The number of carbonyl (C=O) groups excluding carboxylic acids is 1. The van der Waals surface area contributed by atoms with Crippen molar-refractivity contribution in [2.45, 2.75) is 39.7 Å². The molecule has 24 heavy (non-hydrogen) atoms. The van der Waals surface area contributed by atoms with Gasteiger partial charge in [0, 0.05) is 22.0 Å². The fraction of sp³-hybridized carbons (Fsp3) is 0.526. The maximum absolute atomic E-state index is 12.7. The zero-order chi connectivity index (χ0) is 17.2. The number of hydrogen-bond acceptors (Lipinski definition) is 1. The van der Waals surface area contributed by atoms with Crippen LogP contribution in [0.4, 0.5) is 0 Å². The van der Waals surface area contributed by atoms with Crippen LogP contribution in [0, 0.1) is 23.2 Å². The van der Waals surface area contributed by atoms with Crippen molar-refractivity contribution >= 4 is 40.0 Å². The van der Waals surface area contributed by atoms with Crippen molar-refractivity contribution in [3.8, 4) is 0 Å². The van der Waals surface area contributed by atoms with Crippen LogP contribution < -0.4 is 5.32 Å². The summed E-state index contributed by atoms with van der Waals surface area (Å²) in [6.07, 6.45) is 2.38. The van der Waals surface area contributed by atoms with E-state index in [0.717, 1.165) is 23.2 Å². The quantitative estimate of drug-likeness (QED) is 0.748. The van der Waals surface area contributed by atoms with Crippen LogP contribution in [0.25, 0.3) is 10.9 Å². The second-order valence-electron chi connectivity index (χ2n) is 8.07. The number of halogens is 2. The molecule has 3 aliphatic rings. The van der Waals surface area contributed by atoms with Crippen molar-refractivity contribution in [2.75, 3.05) is 0 Å². The van der Waals surface area contributed by atoms with Crippen LogP contribution >= 0.6 is 23.2 Å². The number of fused-ring (bicyclic) bond motifs is 3. The van der Waals surface area contributed by atoms with E-state index in [-0.39, 0.29) is 11.9 Å². The SMILES string of the molecule is C[C@@H]1[C@H]2C[C@@H](C[C@H]1NC(=O)c1cc3c(Cl)cc(Cl)cc3[nH]1)C2(C)C. The van der Waals surface area contributed by atoms with Crippen molar-refractivity contribution in [3.63, 3.8) is 0 Å². The lowest BCUT2D eigenvalue weighted by atomic mass is 9.45. The molecular weight excluding hydrogens is 343 g/mol. The number of carbonyl (C=O) groups is 1. The van der Waals surface area contributed by atoms with Crippen LogP contribution in [0.3, 0.4) is 0 Å². The molecule has 0 aliphatic heterocycles. The lowest BCUT2D eigenvalue weighted by Crippen LogP contribution is -2.60. The fourth-order valence-electron chi connectivity index (χ4n) is 4.87. The number of rotatable bonds is 2. The van der Waals surface area contributed by atoms with Crippen molar-refractivity contribution < 1.29 is 4.79 Å². The van der Waals surface area contributed by atoms with Gasteiger partial charge in [0.1, 0.15) is 5.69 Å². The monoisotopic (exact) mass is 364 g/mol. The van der Waals surface area contributed by atoms with E-state index in [4.69, 9.17) is 23.2 Å². The van der Waals surface area contributed by atoms with Gasteiger partial charge in [-0.1, -0.05) is 44.0 Å². The van der Waals surface area contributed by atoms with Crippen LogP contribution in [-0.4, -0.2) is 16.9 Å². The van der Waals surface area contributed by atoms with E-state index >= 15 is 0 Å². The van der Waals surface area contributed by atoms with Gasteiger partial charge in [-0.3, -0.25) is 4.79 Å². The summed E-state index contributed by atoms with van der Waals surface area (Å²) >= 11 is 12.2. The first-order valence-corrected chi connectivity index (χ1v) is 9.31. The van der Waals surface area contributed by atoms with Gasteiger partial charge in [-0.25, -0.2) is 0 Å². The summed E-state index contributed by atoms with van der Waals surface area (Å²) in [6, 6.07) is 5.54. The highest BCUT2D eigenvalue weighted by molar-refractivity contribution is 6.38. The lowest BCUT2D eigenvalue weighted by molar-refractivity contribution is -0.113. The topological polar surface area (TPSA) is 44.9 Å². The maximum atomic E-state index is 12.7. The maximum Gasteiger partial charge on any atom is 0.267 e. The van der Waals surface area contributed by atoms with Crippen molar-refractivity contribution in [1.82, 2.24) is 10.3 Å². The minimum Gasteiger partial charge on any atom is -0.350 e. The van der Waals surface area contributed by atoms with E-state index in [1.54, 1.807) is 12.1 Å². The highest BCUT2D eigenvalue weighted by atomic mass is 35.5. The van der Waals surface area contributed by atoms with Gasteiger partial charge in [-0.05, 0) is 54.2 Å². The van der Waals surface area contributed by atoms with Crippen LogP contribution in [0.5, 0.6) is 0 Å². The summed E-state index contributed by atoms with van der Waals surface area (Å²) in [6.45, 7) is 7.00. The van der Waals surface area contributed by atoms with Crippen LogP contribution in [0.1, 0.15) is 44.1 Å². The Morgan fingerprint density at radius 3 is 2.67 bits per heavy atom. The van der Waals surface area contributed by atoms with Crippen molar-refractivity contribution in [1.29, 1.82) is 0 Å². The number of hydrogen-bond donors (Lipinski definition) is 2. The first-order valence-electron chi connectivity index (χ1n) is 8.56. The number of nitrogens with one attached hydrogen (secondary N) is 2. The smallest absolute Gasteiger partial charge is 0.267 e. The van der Waals surface area contributed by atoms with Gasteiger partial charge in [-0.15, -0.1) is 0 Å². The Morgan fingerprint density at radius 1 is 1.25 bits per heavy atom. The molecule has 2 aromatic rings. The van der Waals surface area contributed by atoms with E-state index in [9.17, 15) is 4.79 Å². The Kier molecular flexibility index (Phi) is 3.67. The Hall–Kier alpha value is -1.19. The van der Waals surface area contributed by atoms with E-state index < -0.39 is 0 Å². The Balaban J connectivity index is 1.54. The predicted octanol–water partition coefficient (Wildman–Crippen LogP) is 5.28. The molecule has 3 aliphatic carbocycles. The standard InChI is InChI=1S/C19H22Cl2N2O/c1-9-13-4-10(19(13,2)3)5-15(9)23-18(24)17-8-12-14(21)6-11(20)7-16(12)22-17/h6-10,13,15,22H,4-5H2,1-3H3,(H,23,24)/t9-,10+,13-,15-/m1/s1. The third-order valence-corrected chi connectivity index (χ3v) is 7.10. The summed E-state index contributed by atoms with van der Waals surface area (Å²) in [5.74, 6) is 1.88. The van der Waals surface area contributed by atoms with Crippen LogP contribution in [0.15, 0.2) is 18.2 Å². The molecule has 3 saturated carbocycles. The average Bonchev–Trinajstić information content (AvgIpc) is 2.93. The highest BCUT2D eigenvalue weighted by Gasteiger charge is 2.56. The molecule has 1 aromatic heterocycles. The molecule has 0 radical (unpaired) electrons. The molecule has 5 rings (SSSR count). The first-order chi connectivity index (χ1) is 11.3. The molecular formula is C19H22Cl2N2O. The number of aromatic amines is 1. The van der Waals surface area contributed by atoms with Crippen LogP contribution in [-0.2, 0) is 0 Å². The molecule has 3 fully saturated rings. The molecule has 3 nitrogen and oxygen atoms in total. The largest absolute Gasteiger partial charge is 0.350 e. The summed E-state index contributed by atoms with van der Waals surface area (Å²) in [4.78, 5) is 15.8. The number of benzene rings is 1. The first kappa shape index (κ1) is 16.3. The summed E-state index contributed by atoms with van der Waals surface area (Å²) < 4.78 is 0. The van der Waals surface area contributed by atoms with Gasteiger partial charge in [0.2, 0.25) is 0 Å². The zero-order valence-electron chi connectivity index (χ0n) is 14.1. The van der Waals surface area contributed by atoms with E-state index in [1.165, 1.54) is 6.42 Å². The minimum absolute atomic E-state index is 0.0608. The van der Waals surface area contributed by atoms with Crippen LogP contribution in [0.2, 0.25) is 10.0 Å². The van der Waals surface area contributed by atoms with Gasteiger partial charge in [0.15, 0.2) is 0 Å². The van der Waals surface area contributed by atoms with Gasteiger partial charge in [0.25, 0.3) is 5.91 Å². The second-order valence-corrected chi connectivity index (χ2v) is 8.91. The molecule has 0 unspecified atom stereocenters. The lowest BCUT2D eigenvalue weighted by Gasteiger charge is -2.62. The van der Waals surface area contributed by atoms with Crippen molar-refractivity contribution in [3.05, 3.63) is 33.9 Å². The van der Waals surface area contributed by atoms with E-state index in [1.807, 2.05) is 6.07 Å². The molecule has 5 heteroatoms. The summed E-state index contributed by atoms with van der Waals surface area (Å²) in [5, 5.41) is 5.18. The highest BCUT2D eigenvalue weighted by Crippen LogP contribution is 2.61. The Morgan fingerprint density at radius 2 is 2.00 bits per heavy atom. The Labute approximate surface area is 152 Å². The molecule has 128 valence electrons. The summed E-state index contributed by atoms with van der Waals surface area (Å²) in [5.41, 5.74) is 1.75. The zero-order valence-corrected chi connectivity index (χ0v) is 15.6. The molecule has 4 atom stereocenters. The van der Waals surface area contributed by atoms with Gasteiger partial charge >= 0.3 is 0 Å². The number of amides is 1. The molecule has 2 N–H and O–H groups in total. The molecule has 1 aromatic carbocycles. The molecule has 0 saturated heterocycles. The third-order valence-electron chi connectivity index (χ3n) is 6.57. The Bertz CT molecular complexity index is 826. The number of aromatic nitrogens is 1. The van der Waals surface area contributed by atoms with Gasteiger partial charge < -0.3 is 10.3 Å². The summed E-state index contributed by atoms with van der Waals surface area (Å²) in [7, 11) is 0. The predicted molar refractivity (Wildman–Crippen MR) is 98.7 cm³/mol. The van der Waals surface area contributed by atoms with E-state index in [0.29, 0.717) is 33.0 Å². The molecule has 2 bridgehead atoms. The number of H-pyrrole nitrogens is 1. The fourth-order valence-corrected chi connectivity index (χ4v) is 5.42. The molecule has 1 amide bonds. The molecule has 0 spiro atoms. The molecule has 1 heterocycles. The average molecular weight is 365 g/mol. The van der Waals surface area contributed by atoms with Crippen molar-refractivity contribution in [2.24, 2.45) is 23.2 Å². The van der Waals surface area contributed by atoms with Gasteiger partial charge in [0.05, 0.1) is 5.02 Å². The second kappa shape index (κ2) is 5.40.